The average Bonchev–Trinajstić information content (AvgIpc) is 3.31. The highest BCUT2D eigenvalue weighted by Gasteiger charge is 2.35. The van der Waals surface area contributed by atoms with Crippen LogP contribution in [0.4, 0.5) is 17.1 Å². The number of amides is 6. The van der Waals surface area contributed by atoms with Gasteiger partial charge in [-0.05, 0) is 47.5 Å². The Hall–Kier alpha value is -10.0. The van der Waals surface area contributed by atoms with Crippen LogP contribution in [0.15, 0.2) is 111 Å². The number of carbonyl (C=O) groups excluding carboxylic acids is 6. The van der Waals surface area contributed by atoms with Crippen LogP contribution in [0.3, 0.4) is 0 Å². The maximum Gasteiger partial charge on any atom is 0.270 e. The summed E-state index contributed by atoms with van der Waals surface area (Å²) in [6, 6.07) is 19.0. The van der Waals surface area contributed by atoms with Crippen molar-refractivity contribution in [3.8, 4) is 0 Å². The number of pyridine rings is 1. The molecule has 3 aromatic carbocycles. The molecule has 376 valence electrons. The molecular formula is C40H52N22O9. The van der Waals surface area contributed by atoms with Crippen LogP contribution in [0.25, 0.3) is 17.0 Å². The van der Waals surface area contributed by atoms with Gasteiger partial charge >= 0.3 is 0 Å². The number of anilines is 3. The van der Waals surface area contributed by atoms with E-state index in [4.69, 9.17) is 62.6 Å². The zero-order valence-electron chi connectivity index (χ0n) is 37.1. The van der Waals surface area contributed by atoms with E-state index in [9.17, 15) is 33.9 Å². The van der Waals surface area contributed by atoms with Gasteiger partial charge in [-0.15, -0.1) is 4.99 Å². The third-order valence-corrected chi connectivity index (χ3v) is 9.25. The fourth-order valence-electron chi connectivity index (χ4n) is 6.16. The molecule has 0 fully saturated rings. The van der Waals surface area contributed by atoms with Crippen LogP contribution in [0, 0.1) is 0 Å². The molecule has 4 aromatic rings. The number of fused-ring (bicyclic) bond motifs is 1. The topological polar surface area (TPSA) is 550 Å². The highest BCUT2D eigenvalue weighted by molar-refractivity contribution is 6.01. The minimum atomic E-state index is -2.16. The van der Waals surface area contributed by atoms with E-state index in [-0.39, 0.29) is 23.5 Å². The number of hydrogen-bond acceptors (Lipinski definition) is 17. The number of guanidine groups is 4. The first-order valence-corrected chi connectivity index (χ1v) is 20.3. The van der Waals surface area contributed by atoms with Crippen LogP contribution in [-0.2, 0) is 33.8 Å². The van der Waals surface area contributed by atoms with E-state index in [0.29, 0.717) is 22.2 Å². The highest BCUT2D eigenvalue weighted by Crippen LogP contribution is 2.32. The number of carbonyl (C=O) groups is 6. The smallest absolute Gasteiger partial charge is 0.270 e. The van der Waals surface area contributed by atoms with E-state index in [1.807, 2.05) is 10.6 Å². The van der Waals surface area contributed by atoms with Crippen molar-refractivity contribution in [3.05, 3.63) is 102 Å². The Kier molecular flexibility index (Phi) is 19.0. The molecular weight excluding hydrogens is 933 g/mol. The Morgan fingerprint density at radius 3 is 1.63 bits per heavy atom. The average molecular weight is 985 g/mol. The fourth-order valence-corrected chi connectivity index (χ4v) is 6.16. The largest absolute Gasteiger partial charge is 0.396 e. The molecule has 31 heteroatoms. The molecule has 4 rings (SSSR count). The van der Waals surface area contributed by atoms with Crippen LogP contribution >= 0.6 is 0 Å². The predicted molar refractivity (Wildman–Crippen MR) is 260 cm³/mol. The van der Waals surface area contributed by atoms with E-state index < -0.39 is 96.2 Å². The van der Waals surface area contributed by atoms with Gasteiger partial charge in [-0.2, -0.15) is 0 Å². The molecule has 1 aromatic heterocycles. The minimum Gasteiger partial charge on any atom is -0.396 e. The van der Waals surface area contributed by atoms with Gasteiger partial charge in [0.05, 0.1) is 22.6 Å². The van der Waals surface area contributed by atoms with Crippen molar-refractivity contribution in [2.24, 2.45) is 71.6 Å². The number of aliphatic hydroxyl groups is 1. The minimum absolute atomic E-state index is 0.127. The number of aliphatic imine (C=N–C) groups is 4. The van der Waals surface area contributed by atoms with E-state index in [1.54, 1.807) is 72.9 Å². The first kappa shape index (κ1) is 53.6. The summed E-state index contributed by atoms with van der Waals surface area (Å²) in [6.45, 7) is -0.146. The standard InChI is InChI=1S/C40H52N22O9/c41-24-21-9-4-16-51-22(21)14-15-23(24)62(17-5-6-18-10-12-20(13-11-18)61-71-70)36(69)35(68)52-25(19-7-2-1-3-8-19)31(64)54-28(58-38(45)46)33(66)56-30(60-40(49)50)34(67)55-29(59-39(47)48)32(65)53-27(26(42)63)57-37(43)44/h1-16,25,27-30,36,61,69-70H,17,41H2,(H2,42,63)(H,52,68)(H,53,65)(H,54,64)(H,55,67)(H,56,66)(H4,43,44,57)(H4,45,46,58)(H4,47,48,59)(H4,49,50,60). The number of rotatable bonds is 23. The maximum atomic E-state index is 14.3. The second kappa shape index (κ2) is 25.2. The molecule has 0 saturated carbocycles. The summed E-state index contributed by atoms with van der Waals surface area (Å²) in [5, 5.41) is 31.9. The molecule has 71 heavy (non-hydrogen) atoms. The summed E-state index contributed by atoms with van der Waals surface area (Å²) in [5.41, 5.74) is 59.9. The molecule has 6 unspecified atom stereocenters. The van der Waals surface area contributed by atoms with Crippen molar-refractivity contribution in [1.29, 1.82) is 0 Å². The first-order chi connectivity index (χ1) is 33.7. The molecule has 0 aliphatic carbocycles. The molecule has 0 saturated heterocycles. The summed E-state index contributed by atoms with van der Waals surface area (Å²) in [4.78, 5) is 105. The number of aromatic nitrogens is 1. The molecule has 0 bridgehead atoms. The van der Waals surface area contributed by atoms with E-state index in [2.05, 4.69) is 51.4 Å². The van der Waals surface area contributed by atoms with Crippen LogP contribution in [-0.4, -0.2) is 112 Å². The summed E-state index contributed by atoms with van der Waals surface area (Å²) >= 11 is 0. The molecule has 0 radical (unpaired) electrons. The van der Waals surface area contributed by atoms with Crippen LogP contribution in [0.5, 0.6) is 0 Å². The van der Waals surface area contributed by atoms with Gasteiger partial charge in [0.25, 0.3) is 29.5 Å². The molecule has 31 nitrogen and oxygen atoms in total. The number of aliphatic hydroxyl groups excluding tert-OH is 1. The number of nitrogens with two attached hydrogens (primary N) is 10. The molecule has 0 aliphatic heterocycles. The van der Waals surface area contributed by atoms with Gasteiger partial charge in [0, 0.05) is 18.1 Å². The fraction of sp³-hybridized carbons (Fsp3) is 0.175. The number of nitrogen functional groups attached to an aromatic ring is 1. The second-order valence-electron chi connectivity index (χ2n) is 14.4. The quantitative estimate of drug-likeness (QED) is 0.00821. The zero-order chi connectivity index (χ0) is 52.4. The summed E-state index contributed by atoms with van der Waals surface area (Å²) in [5.74, 6) is -10.6. The SMILES string of the molecule is NC(=O)C(N=C(N)N)NC(=O)C(N=C(N)N)NC(=O)C(N=C(N)N)NC(=O)C(N=C(N)N)NC(=O)C(NC(=O)C(O)N(CC=Cc1ccc(NOO)cc1)c1ccc2ncccc2c1N)c1ccccc1. The monoisotopic (exact) mass is 984 g/mol. The van der Waals surface area contributed by atoms with Crippen molar-refractivity contribution in [1.82, 2.24) is 31.6 Å². The zero-order valence-corrected chi connectivity index (χ0v) is 37.1. The van der Waals surface area contributed by atoms with E-state index in [1.165, 1.54) is 29.2 Å². The van der Waals surface area contributed by atoms with Crippen LogP contribution < -0.4 is 94.3 Å². The molecule has 1 heterocycles. The summed E-state index contributed by atoms with van der Waals surface area (Å²) in [6.07, 6.45) is -5.43. The highest BCUT2D eigenvalue weighted by atomic mass is 17.2. The van der Waals surface area contributed by atoms with Crippen LogP contribution in [0.2, 0.25) is 0 Å². The number of nitrogens with one attached hydrogen (secondary N) is 6. The Labute approximate surface area is 401 Å². The Morgan fingerprint density at radius 1 is 0.620 bits per heavy atom. The van der Waals surface area contributed by atoms with E-state index in [0.717, 1.165) is 0 Å². The number of primary amides is 1. The van der Waals surface area contributed by atoms with Crippen molar-refractivity contribution in [3.63, 3.8) is 0 Å². The molecule has 28 N–H and O–H groups in total. The predicted octanol–water partition coefficient (Wildman–Crippen LogP) is -6.32. The van der Waals surface area contributed by atoms with Crippen LogP contribution in [0.1, 0.15) is 17.2 Å². The van der Waals surface area contributed by atoms with E-state index >= 15 is 0 Å². The number of hydrogen-bond donors (Lipinski definition) is 18. The van der Waals surface area contributed by atoms with Gasteiger partial charge in [-0.1, -0.05) is 54.6 Å². The lowest BCUT2D eigenvalue weighted by Gasteiger charge is -2.31. The summed E-state index contributed by atoms with van der Waals surface area (Å²) in [7, 11) is 0. The third-order valence-electron chi connectivity index (χ3n) is 9.25. The number of benzene rings is 3. The molecule has 6 atom stereocenters. The lowest BCUT2D eigenvalue weighted by Crippen LogP contribution is -2.58. The molecule has 0 spiro atoms. The van der Waals surface area contributed by atoms with Crippen molar-refractivity contribution in [2.75, 3.05) is 22.7 Å². The maximum absolute atomic E-state index is 14.3. The van der Waals surface area contributed by atoms with Gasteiger partial charge < -0.3 is 93.9 Å². The van der Waals surface area contributed by atoms with Gasteiger partial charge in [0.1, 0.15) is 6.04 Å². The Balaban J connectivity index is 1.64. The van der Waals surface area contributed by atoms with Gasteiger partial charge in [-0.25, -0.2) is 30.7 Å². The molecule has 6 amide bonds. The van der Waals surface area contributed by atoms with Crippen molar-refractivity contribution >= 4 is 93.3 Å². The number of nitrogens with zero attached hydrogens (tertiary/aromatic N) is 6. The van der Waals surface area contributed by atoms with Gasteiger partial charge in [0.15, 0.2) is 23.8 Å². The molecule has 0 aliphatic rings. The first-order valence-electron chi connectivity index (χ1n) is 20.3. The van der Waals surface area contributed by atoms with Gasteiger partial charge in [-0.3, -0.25) is 33.8 Å². The van der Waals surface area contributed by atoms with Gasteiger partial charge in [0.2, 0.25) is 36.8 Å². The third kappa shape index (κ3) is 15.8. The summed E-state index contributed by atoms with van der Waals surface area (Å²) < 4.78 is 0. The van der Waals surface area contributed by atoms with Crippen molar-refractivity contribution in [2.45, 2.75) is 36.9 Å². The normalized spacial score (nSPS) is 13.3. The lowest BCUT2D eigenvalue weighted by molar-refractivity contribution is -0.215. The van der Waals surface area contributed by atoms with Crippen molar-refractivity contribution < 1.29 is 44.1 Å². The Morgan fingerprint density at radius 2 is 1.13 bits per heavy atom. The second-order valence-corrected chi connectivity index (χ2v) is 14.4. The Bertz CT molecular complexity index is 2700. The lowest BCUT2D eigenvalue weighted by atomic mass is 10.1.